The Labute approximate surface area is 117 Å². The van der Waals surface area contributed by atoms with E-state index in [4.69, 9.17) is 9.47 Å². The first kappa shape index (κ1) is 13.5. The van der Waals surface area contributed by atoms with Crippen LogP contribution in [0.25, 0.3) is 0 Å². The summed E-state index contributed by atoms with van der Waals surface area (Å²) in [5.74, 6) is -0.660. The maximum atomic E-state index is 11.1. The SMILES string of the molecule is CC(=O)NC1C=C(Br)C2OC(C)(C)OC2[C@@H]1Br. The van der Waals surface area contributed by atoms with Crippen LogP contribution in [0.4, 0.5) is 0 Å². The quantitative estimate of drug-likeness (QED) is 0.721. The summed E-state index contributed by atoms with van der Waals surface area (Å²) < 4.78 is 12.6. The Kier molecular flexibility index (Phi) is 3.69. The van der Waals surface area contributed by atoms with Crippen LogP contribution in [0.2, 0.25) is 0 Å². The van der Waals surface area contributed by atoms with Gasteiger partial charge < -0.3 is 14.8 Å². The number of fused-ring (bicyclic) bond motifs is 1. The number of carbonyl (C=O) groups excluding carboxylic acids is 1. The van der Waals surface area contributed by atoms with E-state index in [1.165, 1.54) is 6.92 Å². The molecule has 4 atom stereocenters. The minimum atomic E-state index is -0.598. The van der Waals surface area contributed by atoms with Crippen LogP contribution in [-0.4, -0.2) is 34.8 Å². The van der Waals surface area contributed by atoms with Gasteiger partial charge in [0.1, 0.15) is 12.2 Å². The standard InChI is InChI=1S/C11H15Br2NO3/c1-5(15)14-7-4-6(12)9-10(8(7)13)17-11(2,3)16-9/h4,7-10H,1-3H3,(H,14,15)/t7?,8-,9?,10?/m1/s1. The molecule has 0 radical (unpaired) electrons. The van der Waals surface area contributed by atoms with Crippen LogP contribution in [0.5, 0.6) is 0 Å². The molecule has 1 N–H and O–H groups in total. The van der Waals surface area contributed by atoms with Crippen molar-refractivity contribution in [2.75, 3.05) is 0 Å². The molecule has 2 aliphatic rings. The zero-order chi connectivity index (χ0) is 12.8. The third-order valence-electron chi connectivity index (χ3n) is 2.77. The molecule has 1 fully saturated rings. The number of rotatable bonds is 1. The van der Waals surface area contributed by atoms with Gasteiger partial charge >= 0.3 is 0 Å². The van der Waals surface area contributed by atoms with Crippen molar-refractivity contribution in [3.8, 4) is 0 Å². The van der Waals surface area contributed by atoms with Crippen molar-refractivity contribution in [3.05, 3.63) is 10.6 Å². The fraction of sp³-hybridized carbons (Fsp3) is 0.727. The lowest BCUT2D eigenvalue weighted by Gasteiger charge is -2.32. The Bertz CT molecular complexity index is 370. The van der Waals surface area contributed by atoms with Crippen LogP contribution in [0.1, 0.15) is 20.8 Å². The molecule has 4 nitrogen and oxygen atoms in total. The molecule has 17 heavy (non-hydrogen) atoms. The lowest BCUT2D eigenvalue weighted by molar-refractivity contribution is -0.142. The molecule has 2 rings (SSSR count). The average Bonchev–Trinajstić information content (AvgIpc) is 2.50. The predicted octanol–water partition coefficient (Wildman–Crippen LogP) is 2.07. The number of amides is 1. The molecular weight excluding hydrogens is 354 g/mol. The van der Waals surface area contributed by atoms with E-state index in [9.17, 15) is 4.79 Å². The van der Waals surface area contributed by atoms with Gasteiger partial charge in [-0.15, -0.1) is 0 Å². The minimum absolute atomic E-state index is 0.000486. The monoisotopic (exact) mass is 367 g/mol. The smallest absolute Gasteiger partial charge is 0.217 e. The molecule has 1 amide bonds. The Morgan fingerprint density at radius 3 is 2.71 bits per heavy atom. The molecule has 0 spiro atoms. The number of hydrogen-bond donors (Lipinski definition) is 1. The van der Waals surface area contributed by atoms with Gasteiger partial charge in [0.15, 0.2) is 5.79 Å². The summed E-state index contributed by atoms with van der Waals surface area (Å²) in [5.41, 5.74) is 0. The normalized spacial score (nSPS) is 39.5. The van der Waals surface area contributed by atoms with E-state index in [-0.39, 0.29) is 29.0 Å². The molecule has 0 aromatic heterocycles. The van der Waals surface area contributed by atoms with Gasteiger partial charge in [0, 0.05) is 11.4 Å². The summed E-state index contributed by atoms with van der Waals surface area (Å²) in [7, 11) is 0. The Morgan fingerprint density at radius 1 is 1.47 bits per heavy atom. The van der Waals surface area contributed by atoms with Gasteiger partial charge in [-0.25, -0.2) is 0 Å². The van der Waals surface area contributed by atoms with Crippen LogP contribution < -0.4 is 5.32 Å². The first-order valence-electron chi connectivity index (χ1n) is 5.44. The topological polar surface area (TPSA) is 47.6 Å². The van der Waals surface area contributed by atoms with Crippen molar-refractivity contribution < 1.29 is 14.3 Å². The van der Waals surface area contributed by atoms with E-state index in [0.29, 0.717) is 0 Å². The highest BCUT2D eigenvalue weighted by Gasteiger charge is 2.50. The van der Waals surface area contributed by atoms with E-state index < -0.39 is 5.79 Å². The summed E-state index contributed by atoms with van der Waals surface area (Å²) in [6.45, 7) is 5.28. The highest BCUT2D eigenvalue weighted by molar-refractivity contribution is 9.11. The maximum Gasteiger partial charge on any atom is 0.217 e. The fourth-order valence-electron chi connectivity index (χ4n) is 2.15. The molecule has 0 aromatic carbocycles. The van der Waals surface area contributed by atoms with Gasteiger partial charge in [-0.2, -0.15) is 0 Å². The largest absolute Gasteiger partial charge is 0.349 e. The molecule has 0 aromatic rings. The Balaban J connectivity index is 2.21. The molecule has 1 aliphatic carbocycles. The molecule has 3 unspecified atom stereocenters. The number of nitrogens with one attached hydrogen (secondary N) is 1. The van der Waals surface area contributed by atoms with Gasteiger partial charge in [-0.3, -0.25) is 4.79 Å². The van der Waals surface area contributed by atoms with Crippen LogP contribution in [0.3, 0.4) is 0 Å². The molecule has 96 valence electrons. The molecule has 0 saturated carbocycles. The summed E-state index contributed by atoms with van der Waals surface area (Å²) in [5, 5.41) is 2.87. The second-order valence-corrected chi connectivity index (χ2v) is 6.72. The van der Waals surface area contributed by atoms with Gasteiger partial charge in [0.2, 0.25) is 5.91 Å². The highest BCUT2D eigenvalue weighted by Crippen LogP contribution is 2.41. The zero-order valence-corrected chi connectivity index (χ0v) is 13.0. The van der Waals surface area contributed by atoms with Gasteiger partial charge in [-0.05, 0) is 19.9 Å². The van der Waals surface area contributed by atoms with Crippen LogP contribution in [0, 0.1) is 0 Å². The molecule has 0 bridgehead atoms. The van der Waals surface area contributed by atoms with Crippen LogP contribution >= 0.6 is 31.9 Å². The molecule has 1 heterocycles. The van der Waals surface area contributed by atoms with E-state index in [1.54, 1.807) is 0 Å². The van der Waals surface area contributed by atoms with Crippen molar-refractivity contribution in [2.45, 2.75) is 49.6 Å². The van der Waals surface area contributed by atoms with Gasteiger partial charge in [0.05, 0.1) is 10.9 Å². The minimum Gasteiger partial charge on any atom is -0.349 e. The lowest BCUT2D eigenvalue weighted by Crippen LogP contribution is -2.50. The fourth-order valence-corrected chi connectivity index (χ4v) is 3.46. The number of halogens is 2. The first-order valence-corrected chi connectivity index (χ1v) is 7.15. The Morgan fingerprint density at radius 2 is 2.12 bits per heavy atom. The summed E-state index contributed by atoms with van der Waals surface area (Å²) >= 11 is 7.07. The third-order valence-corrected chi connectivity index (χ3v) is 4.57. The summed E-state index contributed by atoms with van der Waals surface area (Å²) in [4.78, 5) is 11.1. The highest BCUT2D eigenvalue weighted by atomic mass is 79.9. The Hall–Kier alpha value is 0.0900. The molecule has 1 aliphatic heterocycles. The summed E-state index contributed by atoms with van der Waals surface area (Å²) in [6.07, 6.45) is 1.73. The predicted molar refractivity (Wildman–Crippen MR) is 71.2 cm³/mol. The van der Waals surface area contributed by atoms with Crippen LogP contribution in [0.15, 0.2) is 10.6 Å². The van der Waals surface area contributed by atoms with E-state index in [0.717, 1.165) is 4.48 Å². The molecular formula is C11H15Br2NO3. The van der Waals surface area contributed by atoms with Gasteiger partial charge in [-0.1, -0.05) is 31.9 Å². The van der Waals surface area contributed by atoms with E-state index in [1.807, 2.05) is 19.9 Å². The summed E-state index contributed by atoms with van der Waals surface area (Å²) in [6, 6.07) is -0.0966. The number of hydrogen-bond acceptors (Lipinski definition) is 3. The zero-order valence-electron chi connectivity index (χ0n) is 9.87. The first-order chi connectivity index (χ1) is 7.80. The van der Waals surface area contributed by atoms with Crippen molar-refractivity contribution in [1.82, 2.24) is 5.32 Å². The number of ether oxygens (including phenoxy) is 2. The van der Waals surface area contributed by atoms with E-state index >= 15 is 0 Å². The third kappa shape index (κ3) is 2.75. The lowest BCUT2D eigenvalue weighted by atomic mass is 9.97. The van der Waals surface area contributed by atoms with Crippen molar-refractivity contribution in [2.24, 2.45) is 0 Å². The molecule has 6 heteroatoms. The van der Waals surface area contributed by atoms with E-state index in [2.05, 4.69) is 37.2 Å². The number of carbonyl (C=O) groups is 1. The number of alkyl halides is 1. The second-order valence-electron chi connectivity index (χ2n) is 4.74. The van der Waals surface area contributed by atoms with Gasteiger partial charge in [0.25, 0.3) is 0 Å². The average molecular weight is 369 g/mol. The van der Waals surface area contributed by atoms with Crippen molar-refractivity contribution >= 4 is 37.8 Å². The molecule has 1 saturated heterocycles. The van der Waals surface area contributed by atoms with Crippen molar-refractivity contribution in [3.63, 3.8) is 0 Å². The maximum absolute atomic E-state index is 11.1. The van der Waals surface area contributed by atoms with Crippen LogP contribution in [-0.2, 0) is 14.3 Å². The van der Waals surface area contributed by atoms with Crippen molar-refractivity contribution in [1.29, 1.82) is 0 Å². The second kappa shape index (κ2) is 4.64.